The Labute approximate surface area is 98.3 Å². The van der Waals surface area contributed by atoms with Crippen LogP contribution in [0.2, 0.25) is 0 Å². The molecule has 0 saturated heterocycles. The van der Waals surface area contributed by atoms with E-state index in [2.05, 4.69) is 11.7 Å². The van der Waals surface area contributed by atoms with Gasteiger partial charge in [-0.3, -0.25) is 4.79 Å². The zero-order valence-electron chi connectivity index (χ0n) is 9.93. The third kappa shape index (κ3) is 8.73. The topological polar surface area (TPSA) is 26.3 Å². The molecule has 1 atom stereocenters. The molecule has 0 N–H and O–H groups in total. The average Bonchev–Trinajstić information content (AvgIpc) is 2.26. The second kappa shape index (κ2) is 10.3. The standard InChI is InChI=1S/C12H23ClO2/c1-3-4-5-6-7-8-9-10-11(13)12(14)15-2/h11H,3-10H2,1-2H3. The van der Waals surface area contributed by atoms with Crippen molar-refractivity contribution in [3.8, 4) is 0 Å². The normalized spacial score (nSPS) is 12.5. The second-order valence-electron chi connectivity index (χ2n) is 3.90. The van der Waals surface area contributed by atoms with Gasteiger partial charge in [-0.1, -0.05) is 51.9 Å². The molecule has 2 nitrogen and oxygen atoms in total. The molecule has 0 aliphatic rings. The Hall–Kier alpha value is -0.240. The van der Waals surface area contributed by atoms with Crippen molar-refractivity contribution in [1.29, 1.82) is 0 Å². The molecule has 0 saturated carbocycles. The van der Waals surface area contributed by atoms with Gasteiger partial charge in [0.2, 0.25) is 0 Å². The van der Waals surface area contributed by atoms with Gasteiger partial charge in [-0.25, -0.2) is 0 Å². The summed E-state index contributed by atoms with van der Waals surface area (Å²) < 4.78 is 4.55. The molecule has 0 radical (unpaired) electrons. The first-order chi connectivity index (χ1) is 7.22. The Balaban J connectivity index is 3.20. The summed E-state index contributed by atoms with van der Waals surface area (Å²) in [5.74, 6) is -0.303. The molecule has 15 heavy (non-hydrogen) atoms. The summed E-state index contributed by atoms with van der Waals surface area (Å²) in [5.41, 5.74) is 0. The average molecular weight is 235 g/mol. The van der Waals surface area contributed by atoms with E-state index >= 15 is 0 Å². The zero-order valence-corrected chi connectivity index (χ0v) is 10.7. The van der Waals surface area contributed by atoms with Crippen molar-refractivity contribution < 1.29 is 9.53 Å². The van der Waals surface area contributed by atoms with Crippen LogP contribution < -0.4 is 0 Å². The fraction of sp³-hybridized carbons (Fsp3) is 0.917. The third-order valence-corrected chi connectivity index (χ3v) is 2.91. The van der Waals surface area contributed by atoms with Gasteiger partial charge in [0, 0.05) is 0 Å². The number of carbonyl (C=O) groups excluding carboxylic acids is 1. The van der Waals surface area contributed by atoms with E-state index in [1.54, 1.807) is 0 Å². The molecule has 0 aliphatic heterocycles. The number of esters is 1. The summed E-state index contributed by atoms with van der Waals surface area (Å²) in [6.07, 6.45) is 9.44. The van der Waals surface area contributed by atoms with E-state index < -0.39 is 5.38 Å². The van der Waals surface area contributed by atoms with Crippen molar-refractivity contribution >= 4 is 17.6 Å². The van der Waals surface area contributed by atoms with Gasteiger partial charge in [-0.2, -0.15) is 0 Å². The maximum absolute atomic E-state index is 11.0. The fourth-order valence-electron chi connectivity index (χ4n) is 1.53. The quantitative estimate of drug-likeness (QED) is 0.344. The van der Waals surface area contributed by atoms with Crippen LogP contribution in [0.15, 0.2) is 0 Å². The van der Waals surface area contributed by atoms with E-state index in [-0.39, 0.29) is 5.97 Å². The molecular weight excluding hydrogens is 212 g/mol. The molecule has 1 unspecified atom stereocenters. The van der Waals surface area contributed by atoms with Crippen molar-refractivity contribution in [2.24, 2.45) is 0 Å². The van der Waals surface area contributed by atoms with Gasteiger partial charge < -0.3 is 4.74 Å². The first-order valence-electron chi connectivity index (χ1n) is 5.94. The highest BCUT2D eigenvalue weighted by molar-refractivity contribution is 6.29. The molecule has 0 heterocycles. The monoisotopic (exact) mass is 234 g/mol. The van der Waals surface area contributed by atoms with Crippen LogP contribution in [0.1, 0.15) is 58.3 Å². The minimum absolute atomic E-state index is 0.303. The van der Waals surface area contributed by atoms with Gasteiger partial charge in [0.1, 0.15) is 5.38 Å². The van der Waals surface area contributed by atoms with Crippen LogP contribution in [0.3, 0.4) is 0 Å². The predicted octanol–water partition coefficient (Wildman–Crippen LogP) is 3.91. The highest BCUT2D eigenvalue weighted by atomic mass is 35.5. The summed E-state index contributed by atoms with van der Waals surface area (Å²) >= 11 is 5.82. The molecule has 0 aromatic rings. The number of hydrogen-bond donors (Lipinski definition) is 0. The van der Waals surface area contributed by atoms with Gasteiger partial charge >= 0.3 is 5.97 Å². The number of rotatable bonds is 9. The minimum Gasteiger partial charge on any atom is -0.468 e. The summed E-state index contributed by atoms with van der Waals surface area (Å²) in [6.45, 7) is 2.22. The summed E-state index contributed by atoms with van der Waals surface area (Å²) in [5, 5.41) is -0.453. The number of carbonyl (C=O) groups is 1. The Morgan fingerprint density at radius 1 is 1.13 bits per heavy atom. The smallest absolute Gasteiger partial charge is 0.323 e. The lowest BCUT2D eigenvalue weighted by atomic mass is 10.1. The Morgan fingerprint density at radius 3 is 2.20 bits per heavy atom. The first-order valence-corrected chi connectivity index (χ1v) is 6.38. The molecule has 0 spiro atoms. The SMILES string of the molecule is CCCCCCCCCC(Cl)C(=O)OC. The zero-order chi connectivity index (χ0) is 11.5. The number of halogens is 1. The van der Waals surface area contributed by atoms with E-state index in [4.69, 9.17) is 11.6 Å². The van der Waals surface area contributed by atoms with Crippen LogP contribution in [0.4, 0.5) is 0 Å². The second-order valence-corrected chi connectivity index (χ2v) is 4.43. The van der Waals surface area contributed by atoms with Gasteiger partial charge in [0.15, 0.2) is 0 Å². The van der Waals surface area contributed by atoms with Crippen molar-refractivity contribution in [3.05, 3.63) is 0 Å². The highest BCUT2D eigenvalue weighted by Crippen LogP contribution is 2.13. The van der Waals surface area contributed by atoms with Crippen LogP contribution in [0, 0.1) is 0 Å². The molecular formula is C12H23ClO2. The van der Waals surface area contributed by atoms with Gasteiger partial charge in [0.05, 0.1) is 7.11 Å². The number of unbranched alkanes of at least 4 members (excludes halogenated alkanes) is 6. The van der Waals surface area contributed by atoms with E-state index in [0.29, 0.717) is 0 Å². The molecule has 90 valence electrons. The van der Waals surface area contributed by atoms with Gasteiger partial charge in [-0.05, 0) is 6.42 Å². The number of ether oxygens (including phenoxy) is 1. The predicted molar refractivity (Wildman–Crippen MR) is 64.3 cm³/mol. The fourth-order valence-corrected chi connectivity index (χ4v) is 1.77. The highest BCUT2D eigenvalue weighted by Gasteiger charge is 2.14. The largest absolute Gasteiger partial charge is 0.468 e. The lowest BCUT2D eigenvalue weighted by Gasteiger charge is -2.06. The first kappa shape index (κ1) is 14.8. The molecule has 0 fully saturated rings. The third-order valence-electron chi connectivity index (χ3n) is 2.52. The minimum atomic E-state index is -0.453. The van der Waals surface area contributed by atoms with Crippen LogP contribution in [0.25, 0.3) is 0 Å². The Kier molecular flexibility index (Phi) is 10.1. The summed E-state index contributed by atoms with van der Waals surface area (Å²) in [6, 6.07) is 0. The van der Waals surface area contributed by atoms with Crippen LogP contribution in [-0.2, 0) is 9.53 Å². The Morgan fingerprint density at radius 2 is 1.67 bits per heavy atom. The molecule has 0 bridgehead atoms. The molecule has 0 aromatic carbocycles. The van der Waals surface area contributed by atoms with Crippen molar-refractivity contribution in [2.45, 2.75) is 63.7 Å². The van der Waals surface area contributed by atoms with Crippen LogP contribution in [0.5, 0.6) is 0 Å². The van der Waals surface area contributed by atoms with E-state index in [0.717, 1.165) is 12.8 Å². The maximum Gasteiger partial charge on any atom is 0.323 e. The van der Waals surface area contributed by atoms with E-state index in [1.165, 1.54) is 45.6 Å². The van der Waals surface area contributed by atoms with Crippen molar-refractivity contribution in [2.75, 3.05) is 7.11 Å². The van der Waals surface area contributed by atoms with Crippen LogP contribution in [-0.4, -0.2) is 18.5 Å². The lowest BCUT2D eigenvalue weighted by molar-refractivity contribution is -0.140. The molecule has 0 rings (SSSR count). The molecule has 0 amide bonds. The van der Waals surface area contributed by atoms with E-state index in [1.807, 2.05) is 0 Å². The summed E-state index contributed by atoms with van der Waals surface area (Å²) in [4.78, 5) is 11.0. The van der Waals surface area contributed by atoms with Gasteiger partial charge in [-0.15, -0.1) is 11.6 Å². The van der Waals surface area contributed by atoms with E-state index in [9.17, 15) is 4.79 Å². The maximum atomic E-state index is 11.0. The van der Waals surface area contributed by atoms with Gasteiger partial charge in [0.25, 0.3) is 0 Å². The molecule has 0 aliphatic carbocycles. The number of alkyl halides is 1. The summed E-state index contributed by atoms with van der Waals surface area (Å²) in [7, 11) is 1.38. The van der Waals surface area contributed by atoms with Crippen molar-refractivity contribution in [1.82, 2.24) is 0 Å². The molecule has 0 aromatic heterocycles. The lowest BCUT2D eigenvalue weighted by Crippen LogP contribution is -2.15. The van der Waals surface area contributed by atoms with Crippen LogP contribution >= 0.6 is 11.6 Å². The number of hydrogen-bond acceptors (Lipinski definition) is 2. The van der Waals surface area contributed by atoms with Crippen molar-refractivity contribution in [3.63, 3.8) is 0 Å². The number of methoxy groups -OCH3 is 1. The Bertz CT molecular complexity index is 160. The molecule has 3 heteroatoms.